The van der Waals surface area contributed by atoms with Crippen molar-refractivity contribution in [2.24, 2.45) is 22.7 Å². The van der Waals surface area contributed by atoms with Gasteiger partial charge in [-0.3, -0.25) is 9.69 Å². The number of imidazole rings is 2. The van der Waals surface area contributed by atoms with E-state index < -0.39 is 36.5 Å². The van der Waals surface area contributed by atoms with Gasteiger partial charge in [0.2, 0.25) is 5.91 Å². The van der Waals surface area contributed by atoms with Gasteiger partial charge in [-0.1, -0.05) is 38.1 Å². The average molecular weight is 861 g/mol. The fraction of sp³-hybridized carbons (Fsp3) is 0.447. The Morgan fingerprint density at radius 1 is 1.02 bits per heavy atom. The molecule has 5 aromatic rings. The molecule has 3 unspecified atom stereocenters. The highest BCUT2D eigenvalue weighted by atomic mass is 16.5. The van der Waals surface area contributed by atoms with Crippen LogP contribution in [-0.2, 0) is 25.6 Å². The number of aromatic nitrogens is 4. The van der Waals surface area contributed by atoms with Gasteiger partial charge in [0.25, 0.3) is 0 Å². The zero-order chi connectivity index (χ0) is 44.7. The van der Waals surface area contributed by atoms with E-state index in [1.54, 1.807) is 11.8 Å². The first-order valence-electron chi connectivity index (χ1n) is 21.5. The van der Waals surface area contributed by atoms with Crippen LogP contribution in [0.4, 0.5) is 9.59 Å². The van der Waals surface area contributed by atoms with Crippen molar-refractivity contribution in [3.8, 4) is 28.1 Å². The molecule has 0 radical (unpaired) electrons. The van der Waals surface area contributed by atoms with E-state index in [2.05, 4.69) is 68.8 Å². The van der Waals surface area contributed by atoms with Gasteiger partial charge >= 0.3 is 12.2 Å². The highest BCUT2D eigenvalue weighted by molar-refractivity contribution is 6.07. The molecular formula is C47H56N8O8. The Bertz CT molecular complexity index is 2570. The zero-order valence-corrected chi connectivity index (χ0v) is 36.8. The number of ether oxygens (including phenoxy) is 4. The van der Waals surface area contributed by atoms with E-state index >= 15 is 0 Å². The Hall–Kier alpha value is -6.10. The number of nitrogens with zero attached hydrogens (tertiary/aromatic N) is 5. The summed E-state index contributed by atoms with van der Waals surface area (Å²) in [6.45, 7) is 12.6. The van der Waals surface area contributed by atoms with Crippen molar-refractivity contribution in [1.29, 1.82) is 0 Å². The number of methoxy groups -OCH3 is 3. The lowest BCUT2D eigenvalue weighted by molar-refractivity contribution is -0.137. The lowest BCUT2D eigenvalue weighted by Gasteiger charge is -2.38. The minimum atomic E-state index is -0.938. The summed E-state index contributed by atoms with van der Waals surface area (Å²) >= 11 is 0. The first-order chi connectivity index (χ1) is 30.3. The minimum Gasteiger partial charge on any atom is -0.488 e. The molecule has 3 amide bonds. The molecule has 0 bridgehead atoms. The zero-order valence-electron chi connectivity index (χ0n) is 36.8. The molecule has 2 fully saturated rings. The van der Waals surface area contributed by atoms with Crippen LogP contribution in [0.1, 0.15) is 76.3 Å². The van der Waals surface area contributed by atoms with Crippen molar-refractivity contribution in [1.82, 2.24) is 35.1 Å². The van der Waals surface area contributed by atoms with E-state index in [1.165, 1.54) is 27.5 Å². The Morgan fingerprint density at radius 2 is 1.83 bits per heavy atom. The molecule has 2 aromatic heterocycles. The molecule has 5 heterocycles. The largest absolute Gasteiger partial charge is 0.488 e. The van der Waals surface area contributed by atoms with Gasteiger partial charge in [0.15, 0.2) is 0 Å². The van der Waals surface area contributed by atoms with E-state index in [0.29, 0.717) is 25.4 Å². The smallest absolute Gasteiger partial charge is 0.432 e. The van der Waals surface area contributed by atoms with Gasteiger partial charge in [-0.25, -0.2) is 19.6 Å². The summed E-state index contributed by atoms with van der Waals surface area (Å²) in [6, 6.07) is 13.6. The topological polar surface area (TPSA) is 197 Å². The molecule has 8 atom stereocenters. The second kappa shape index (κ2) is 17.9. The quantitative estimate of drug-likeness (QED) is 0.0718. The van der Waals surface area contributed by atoms with E-state index in [0.717, 1.165) is 74.2 Å². The van der Waals surface area contributed by atoms with Crippen LogP contribution in [0, 0.1) is 17.8 Å². The number of alkyl carbamates (subject to hydrolysis) is 1. The van der Waals surface area contributed by atoms with Gasteiger partial charge in [-0.2, -0.15) is 4.99 Å². The number of aromatic amines is 2. The maximum Gasteiger partial charge on any atom is 0.432 e. The number of carbonyl (C=O) groups is 3. The van der Waals surface area contributed by atoms with Crippen molar-refractivity contribution in [3.05, 3.63) is 78.5 Å². The van der Waals surface area contributed by atoms with Crippen LogP contribution < -0.4 is 10.1 Å². The number of fused-ring (bicyclic) bond motifs is 6. The van der Waals surface area contributed by atoms with Crippen LogP contribution >= 0.6 is 0 Å². The molecule has 4 N–H and O–H groups in total. The van der Waals surface area contributed by atoms with E-state index in [1.807, 2.05) is 43.2 Å². The first-order valence-corrected chi connectivity index (χ1v) is 21.5. The van der Waals surface area contributed by atoms with Crippen molar-refractivity contribution < 1.29 is 38.4 Å². The second-order valence-corrected chi connectivity index (χ2v) is 17.2. The Kier molecular flexibility index (Phi) is 12.4. The van der Waals surface area contributed by atoms with Crippen LogP contribution in [-0.4, -0.2) is 111 Å². The van der Waals surface area contributed by atoms with Gasteiger partial charge in [-0.05, 0) is 91.3 Å². The Labute approximate surface area is 366 Å². The molecule has 8 rings (SSSR count). The van der Waals surface area contributed by atoms with Crippen LogP contribution in [0.2, 0.25) is 0 Å². The third-order valence-electron chi connectivity index (χ3n) is 13.1. The Morgan fingerprint density at radius 3 is 2.56 bits per heavy atom. The molecule has 16 heteroatoms. The lowest BCUT2D eigenvalue weighted by atomic mass is 9.92. The summed E-state index contributed by atoms with van der Waals surface area (Å²) in [4.78, 5) is 62.8. The number of aliphatic hydroxyl groups is 1. The normalized spacial score (nSPS) is 21.8. The molecule has 16 nitrogen and oxygen atoms in total. The number of benzene rings is 3. The molecule has 332 valence electrons. The molecule has 0 aliphatic carbocycles. The fourth-order valence-corrected chi connectivity index (χ4v) is 9.44. The first kappa shape index (κ1) is 43.5. The standard InChI is InChI=1S/C47H56N8O8/c1-9-27-16-38(54(22-27)44(56)34(26(5)60-6)20-49-46(58)61-7)43-50-35-14-12-28-18-33-31-13-11-29(17-30(31)23-63-39(33)19-32(28)41(35)52-43)36-21-48-42(51-36)37-15-10-25(4)55(37)45(57)40(24(2)3)53-47(59)62-8/h9,11-14,17-21,24-27,34,37-38,40,45,57H,1,10,15-16,22-23H2,2-8H3,(H,48,51)(H,50,52)(H,53,59)/t25-,26-,27-,34?,37?,38+,40-,45?/m0/s1. The number of nitrogens with one attached hydrogen (secondary N) is 3. The summed E-state index contributed by atoms with van der Waals surface area (Å²) < 4.78 is 21.5. The lowest BCUT2D eigenvalue weighted by Crippen LogP contribution is -2.55. The number of carbonyl (C=O) groups excluding carboxylic acids is 3. The minimum absolute atomic E-state index is 0.0366. The number of hydrogen-bond acceptors (Lipinski definition) is 11. The number of likely N-dealkylation sites (tertiary alicyclic amines) is 2. The molecule has 0 saturated carbocycles. The predicted molar refractivity (Wildman–Crippen MR) is 238 cm³/mol. The van der Waals surface area contributed by atoms with Crippen molar-refractivity contribution in [3.63, 3.8) is 0 Å². The maximum absolute atomic E-state index is 14.1. The summed E-state index contributed by atoms with van der Waals surface area (Å²) in [5.41, 5.74) is 6.53. The van der Waals surface area contributed by atoms with Crippen LogP contribution in [0.5, 0.6) is 5.75 Å². The number of rotatable bonds is 12. The summed E-state index contributed by atoms with van der Waals surface area (Å²) in [7, 11) is 4.07. The highest BCUT2D eigenvalue weighted by Gasteiger charge is 2.43. The molecule has 3 aromatic carbocycles. The van der Waals surface area contributed by atoms with Crippen molar-refractivity contribution in [2.45, 2.75) is 90.1 Å². The average Bonchev–Trinajstić information content (AvgIpc) is 4.12. The van der Waals surface area contributed by atoms with Crippen LogP contribution in [0.3, 0.4) is 0 Å². The SMILES string of the molecule is C=C[C@H]1C[C@H](c2nc3c(ccc4cc5c(cc43)OCc3cc(-c4cnc(C6CC[C@H](C)N6C(O)[C@@H](NC(=O)OC)C(C)C)[nH]4)ccc3-5)[nH]2)N(C(=O)C(C=NC(=O)OC)[C@H](C)OC)C1. The number of amides is 3. The third-order valence-corrected chi connectivity index (χ3v) is 13.1. The fourth-order valence-electron chi connectivity index (χ4n) is 9.44. The summed E-state index contributed by atoms with van der Waals surface area (Å²) in [5, 5.41) is 16.3. The third kappa shape index (κ3) is 8.30. The second-order valence-electron chi connectivity index (χ2n) is 17.2. The number of aliphatic imine (C=N–C) groups is 1. The Balaban J connectivity index is 1.05. The van der Waals surface area contributed by atoms with E-state index in [-0.39, 0.29) is 35.9 Å². The monoisotopic (exact) mass is 860 g/mol. The number of H-pyrrole nitrogens is 2. The van der Waals surface area contributed by atoms with Crippen molar-refractivity contribution >= 4 is 46.1 Å². The van der Waals surface area contributed by atoms with Gasteiger partial charge in [0, 0.05) is 36.9 Å². The van der Waals surface area contributed by atoms with Crippen molar-refractivity contribution in [2.75, 3.05) is 27.9 Å². The van der Waals surface area contributed by atoms with Crippen LogP contribution in [0.15, 0.2) is 66.3 Å². The molecule has 63 heavy (non-hydrogen) atoms. The predicted octanol–water partition coefficient (Wildman–Crippen LogP) is 7.45. The maximum atomic E-state index is 14.1. The highest BCUT2D eigenvalue weighted by Crippen LogP contribution is 2.44. The van der Waals surface area contributed by atoms with Gasteiger partial charge in [0.1, 0.15) is 30.2 Å². The van der Waals surface area contributed by atoms with E-state index in [9.17, 15) is 19.5 Å². The van der Waals surface area contributed by atoms with Gasteiger partial charge < -0.3 is 44.2 Å². The summed E-state index contributed by atoms with van der Waals surface area (Å²) in [6.07, 6.45) is 4.46. The van der Waals surface area contributed by atoms with Gasteiger partial charge in [-0.15, -0.1) is 6.58 Å². The molecule has 0 spiro atoms. The molecular weight excluding hydrogens is 805 g/mol. The number of hydrogen-bond donors (Lipinski definition) is 4. The van der Waals surface area contributed by atoms with Crippen LogP contribution in [0.25, 0.3) is 44.2 Å². The summed E-state index contributed by atoms with van der Waals surface area (Å²) in [5.74, 6) is 1.12. The number of aliphatic hydroxyl groups excluding tert-OH is 1. The van der Waals surface area contributed by atoms with E-state index in [4.69, 9.17) is 24.2 Å². The molecule has 3 aliphatic heterocycles. The molecule has 3 aliphatic rings. The molecule has 2 saturated heterocycles. The van der Waals surface area contributed by atoms with Gasteiger partial charge in [0.05, 0.1) is 67.3 Å².